The monoisotopic (exact) mass is 440 g/mol. The van der Waals surface area contributed by atoms with Gasteiger partial charge in [-0.2, -0.15) is 0 Å². The third kappa shape index (κ3) is 4.82. The Balaban J connectivity index is 1.29. The van der Waals surface area contributed by atoms with E-state index in [1.54, 1.807) is 4.90 Å². The smallest absolute Gasteiger partial charge is 0.326 e. The molecule has 7 nitrogen and oxygen atoms in total. The second-order valence-electron chi connectivity index (χ2n) is 7.46. The number of para-hydroxylation sites is 2. The molecule has 0 aliphatic carbocycles. The van der Waals surface area contributed by atoms with Gasteiger partial charge in [-0.25, -0.2) is 4.98 Å². The number of piperazine rings is 1. The lowest BCUT2D eigenvalue weighted by molar-refractivity contribution is -0.152. The minimum atomic E-state index is -0.441. The molecule has 1 aromatic heterocycles. The summed E-state index contributed by atoms with van der Waals surface area (Å²) in [6.45, 7) is 4.37. The number of fused-ring (bicyclic) bond motifs is 1. The number of ether oxygens (including phenoxy) is 1. The third-order valence-electron chi connectivity index (χ3n) is 5.50. The summed E-state index contributed by atoms with van der Waals surface area (Å²) in [5.74, 6) is 0.204. The molecule has 1 saturated heterocycles. The van der Waals surface area contributed by atoms with Gasteiger partial charge in [0, 0.05) is 43.3 Å². The number of aryl methyl sites for hydroxylation is 1. The van der Waals surface area contributed by atoms with Crippen molar-refractivity contribution in [1.29, 1.82) is 0 Å². The normalized spacial score (nSPS) is 14.1. The predicted molar refractivity (Wildman–Crippen MR) is 120 cm³/mol. The number of halogens is 1. The van der Waals surface area contributed by atoms with Gasteiger partial charge in [0.25, 0.3) is 5.91 Å². The van der Waals surface area contributed by atoms with Crippen molar-refractivity contribution in [1.82, 2.24) is 14.5 Å². The van der Waals surface area contributed by atoms with Crippen LogP contribution in [0.1, 0.15) is 12.7 Å². The molecule has 1 fully saturated rings. The summed E-state index contributed by atoms with van der Waals surface area (Å²) < 4.78 is 7.15. The van der Waals surface area contributed by atoms with Crippen molar-refractivity contribution in [2.75, 3.05) is 37.7 Å². The van der Waals surface area contributed by atoms with Crippen LogP contribution < -0.4 is 4.90 Å². The molecule has 31 heavy (non-hydrogen) atoms. The molecule has 0 unspecified atom stereocenters. The Morgan fingerprint density at radius 2 is 1.84 bits per heavy atom. The van der Waals surface area contributed by atoms with Gasteiger partial charge in [0.05, 0.1) is 11.0 Å². The molecule has 0 atom stereocenters. The van der Waals surface area contributed by atoms with Crippen LogP contribution in [0.15, 0.2) is 48.5 Å². The summed E-state index contributed by atoms with van der Waals surface area (Å²) in [6.07, 6.45) is 0.706. The second-order valence-corrected chi connectivity index (χ2v) is 7.90. The fourth-order valence-electron chi connectivity index (χ4n) is 3.87. The van der Waals surface area contributed by atoms with Gasteiger partial charge in [-0.3, -0.25) is 9.59 Å². The quantitative estimate of drug-likeness (QED) is 0.551. The van der Waals surface area contributed by atoms with Gasteiger partial charge < -0.3 is 19.1 Å². The lowest BCUT2D eigenvalue weighted by Crippen LogP contribution is -2.50. The highest BCUT2D eigenvalue weighted by Gasteiger charge is 2.23. The van der Waals surface area contributed by atoms with Crippen molar-refractivity contribution in [3.8, 4) is 0 Å². The van der Waals surface area contributed by atoms with Crippen LogP contribution >= 0.6 is 11.6 Å². The lowest BCUT2D eigenvalue weighted by Gasteiger charge is -2.36. The van der Waals surface area contributed by atoms with Gasteiger partial charge in [-0.1, -0.05) is 36.7 Å². The molecule has 0 saturated carbocycles. The molecule has 0 N–H and O–H groups in total. The van der Waals surface area contributed by atoms with Crippen molar-refractivity contribution in [2.45, 2.75) is 19.9 Å². The first kappa shape index (κ1) is 21.2. The second kappa shape index (κ2) is 9.39. The number of hydrogen-bond donors (Lipinski definition) is 0. The van der Waals surface area contributed by atoms with E-state index < -0.39 is 5.97 Å². The van der Waals surface area contributed by atoms with Crippen LogP contribution in [-0.4, -0.2) is 59.1 Å². The number of carbonyl (C=O) groups excluding carboxylic acids is 2. The Bertz CT molecular complexity index is 1090. The predicted octanol–water partition coefficient (Wildman–Crippen LogP) is 3.14. The molecule has 162 valence electrons. The highest BCUT2D eigenvalue weighted by atomic mass is 35.5. The summed E-state index contributed by atoms with van der Waals surface area (Å²) >= 11 is 6.07. The van der Waals surface area contributed by atoms with E-state index in [1.807, 2.05) is 60.0 Å². The molecule has 0 bridgehead atoms. The molecule has 2 heterocycles. The summed E-state index contributed by atoms with van der Waals surface area (Å²) in [5.41, 5.74) is 2.78. The lowest BCUT2D eigenvalue weighted by atomic mass is 10.2. The molecular formula is C23H25ClN4O3. The fourth-order valence-corrected chi connectivity index (χ4v) is 4.05. The Morgan fingerprint density at radius 1 is 1.06 bits per heavy atom. The Morgan fingerprint density at radius 3 is 2.58 bits per heavy atom. The first-order valence-corrected chi connectivity index (χ1v) is 10.8. The molecule has 8 heteroatoms. The van der Waals surface area contributed by atoms with Gasteiger partial charge in [-0.05, 0) is 30.3 Å². The number of aromatic nitrogens is 2. The van der Waals surface area contributed by atoms with Gasteiger partial charge in [0.1, 0.15) is 12.4 Å². The van der Waals surface area contributed by atoms with Crippen molar-refractivity contribution < 1.29 is 14.3 Å². The highest BCUT2D eigenvalue weighted by Crippen LogP contribution is 2.21. The SMILES string of the molecule is CCc1nc2ccccc2n1CC(=O)OCC(=O)N1CCN(c2cccc(Cl)c2)CC1. The minimum Gasteiger partial charge on any atom is -0.454 e. The summed E-state index contributed by atoms with van der Waals surface area (Å²) in [5, 5.41) is 0.694. The number of amides is 1. The Kier molecular flexibility index (Phi) is 6.42. The molecule has 0 spiro atoms. The van der Waals surface area contributed by atoms with E-state index in [-0.39, 0.29) is 19.1 Å². The zero-order chi connectivity index (χ0) is 21.8. The maximum Gasteiger partial charge on any atom is 0.326 e. The summed E-state index contributed by atoms with van der Waals surface area (Å²) in [6, 6.07) is 15.4. The molecular weight excluding hydrogens is 416 g/mol. The number of esters is 1. The highest BCUT2D eigenvalue weighted by molar-refractivity contribution is 6.30. The summed E-state index contributed by atoms with van der Waals surface area (Å²) in [4.78, 5) is 33.4. The average molecular weight is 441 g/mol. The van der Waals surface area contributed by atoms with Crippen molar-refractivity contribution >= 4 is 40.2 Å². The van der Waals surface area contributed by atoms with E-state index in [9.17, 15) is 9.59 Å². The fraction of sp³-hybridized carbons (Fsp3) is 0.348. The van der Waals surface area contributed by atoms with E-state index in [0.717, 1.165) is 22.5 Å². The van der Waals surface area contributed by atoms with Crippen LogP contribution in [0.4, 0.5) is 5.69 Å². The number of carbonyl (C=O) groups is 2. The van der Waals surface area contributed by atoms with Crippen molar-refractivity contribution in [2.24, 2.45) is 0 Å². The average Bonchev–Trinajstić information content (AvgIpc) is 3.15. The molecule has 0 radical (unpaired) electrons. The zero-order valence-corrected chi connectivity index (χ0v) is 18.2. The van der Waals surface area contributed by atoms with Crippen LogP contribution in [0, 0.1) is 0 Å². The van der Waals surface area contributed by atoms with E-state index in [2.05, 4.69) is 9.88 Å². The maximum absolute atomic E-state index is 12.5. The standard InChI is InChI=1S/C23H25ClN4O3/c1-2-21-25-19-8-3-4-9-20(19)28(21)15-23(30)31-16-22(29)27-12-10-26(11-13-27)18-7-5-6-17(24)14-18/h3-9,14H,2,10-13,15-16H2,1H3. The van der Waals surface area contributed by atoms with Gasteiger partial charge >= 0.3 is 5.97 Å². The Labute approximate surface area is 186 Å². The first-order valence-electron chi connectivity index (χ1n) is 10.4. The first-order chi connectivity index (χ1) is 15.0. The largest absolute Gasteiger partial charge is 0.454 e. The van der Waals surface area contributed by atoms with Crippen molar-refractivity contribution in [3.63, 3.8) is 0 Å². The molecule has 4 rings (SSSR count). The van der Waals surface area contributed by atoms with Crippen LogP contribution in [-0.2, 0) is 27.3 Å². The van der Waals surface area contributed by atoms with Crippen LogP contribution in [0.3, 0.4) is 0 Å². The number of imidazole rings is 1. The van der Waals surface area contributed by atoms with Gasteiger partial charge in [-0.15, -0.1) is 0 Å². The van der Waals surface area contributed by atoms with Crippen molar-refractivity contribution in [3.05, 3.63) is 59.4 Å². The number of anilines is 1. The topological polar surface area (TPSA) is 67.7 Å². The molecule has 1 aliphatic heterocycles. The minimum absolute atomic E-state index is 0.0412. The number of nitrogens with zero attached hydrogens (tertiary/aromatic N) is 4. The van der Waals surface area contributed by atoms with E-state index in [4.69, 9.17) is 16.3 Å². The summed E-state index contributed by atoms with van der Waals surface area (Å²) in [7, 11) is 0. The third-order valence-corrected chi connectivity index (χ3v) is 5.73. The molecule has 1 amide bonds. The van der Waals surface area contributed by atoms with Crippen LogP contribution in [0.5, 0.6) is 0 Å². The molecule has 2 aromatic carbocycles. The number of rotatable bonds is 6. The van der Waals surface area contributed by atoms with Gasteiger partial charge in [0.2, 0.25) is 0 Å². The number of benzene rings is 2. The van der Waals surface area contributed by atoms with Crippen LogP contribution in [0.25, 0.3) is 11.0 Å². The zero-order valence-electron chi connectivity index (χ0n) is 17.5. The number of hydrogen-bond acceptors (Lipinski definition) is 5. The van der Waals surface area contributed by atoms with Gasteiger partial charge in [0.15, 0.2) is 6.61 Å². The Hall–Kier alpha value is -3.06. The van der Waals surface area contributed by atoms with E-state index in [1.165, 1.54) is 0 Å². The van der Waals surface area contributed by atoms with E-state index >= 15 is 0 Å². The maximum atomic E-state index is 12.5. The van der Waals surface area contributed by atoms with E-state index in [0.29, 0.717) is 37.6 Å². The molecule has 3 aromatic rings. The van der Waals surface area contributed by atoms with Crippen LogP contribution in [0.2, 0.25) is 5.02 Å². The molecule has 1 aliphatic rings.